The maximum absolute atomic E-state index is 6.42. The Morgan fingerprint density at radius 3 is 1.87 bits per heavy atom. The fourth-order valence-corrected chi connectivity index (χ4v) is 4.32. The first-order valence-corrected chi connectivity index (χ1v) is 11.0. The second kappa shape index (κ2) is 9.45. The van der Waals surface area contributed by atoms with Crippen LogP contribution in [0.1, 0.15) is 33.9 Å². The van der Waals surface area contributed by atoms with Crippen LogP contribution in [-0.4, -0.2) is 9.97 Å². The predicted octanol–water partition coefficient (Wildman–Crippen LogP) is 7.80. The van der Waals surface area contributed by atoms with Crippen molar-refractivity contribution in [3.8, 4) is 0 Å². The fourth-order valence-electron chi connectivity index (χ4n) is 3.37. The van der Waals surface area contributed by atoms with Crippen molar-refractivity contribution in [1.29, 1.82) is 0 Å². The third kappa shape index (κ3) is 5.19. The van der Waals surface area contributed by atoms with E-state index in [0.717, 1.165) is 34.8 Å². The molecule has 2 nitrogen and oxygen atoms in total. The summed E-state index contributed by atoms with van der Waals surface area (Å²) in [6.07, 6.45) is 1.94. The SMILES string of the molecule is Clc1ccc(Cc2nc(Cc3ccccc3)[nH]c2Cc2ccc(Cl)cc2Cl)c(Cl)c1. The first-order valence-electron chi connectivity index (χ1n) is 9.46. The molecule has 0 spiro atoms. The van der Waals surface area contributed by atoms with Crippen molar-refractivity contribution in [2.45, 2.75) is 19.3 Å². The van der Waals surface area contributed by atoms with Crippen LogP contribution in [0, 0.1) is 0 Å². The van der Waals surface area contributed by atoms with E-state index in [2.05, 4.69) is 17.1 Å². The van der Waals surface area contributed by atoms with Gasteiger partial charge in [-0.1, -0.05) is 88.9 Å². The van der Waals surface area contributed by atoms with Crippen LogP contribution in [0.15, 0.2) is 66.7 Å². The van der Waals surface area contributed by atoms with Crippen LogP contribution in [0.25, 0.3) is 0 Å². The summed E-state index contributed by atoms with van der Waals surface area (Å²) in [5.41, 5.74) is 5.10. The summed E-state index contributed by atoms with van der Waals surface area (Å²) in [6.45, 7) is 0. The zero-order chi connectivity index (χ0) is 21.1. The van der Waals surface area contributed by atoms with Gasteiger partial charge >= 0.3 is 0 Å². The van der Waals surface area contributed by atoms with E-state index in [-0.39, 0.29) is 0 Å². The average Bonchev–Trinajstić information content (AvgIpc) is 3.08. The lowest BCUT2D eigenvalue weighted by Crippen LogP contribution is -1.98. The second-order valence-corrected chi connectivity index (χ2v) is 8.78. The summed E-state index contributed by atoms with van der Waals surface area (Å²) in [5.74, 6) is 0.904. The smallest absolute Gasteiger partial charge is 0.111 e. The first-order chi connectivity index (χ1) is 14.5. The van der Waals surface area contributed by atoms with E-state index in [1.54, 1.807) is 12.1 Å². The lowest BCUT2D eigenvalue weighted by molar-refractivity contribution is 0.997. The number of halogens is 4. The molecule has 0 saturated carbocycles. The van der Waals surface area contributed by atoms with Gasteiger partial charge in [-0.25, -0.2) is 4.98 Å². The van der Waals surface area contributed by atoms with Gasteiger partial charge in [0.25, 0.3) is 0 Å². The van der Waals surface area contributed by atoms with E-state index in [0.29, 0.717) is 32.9 Å². The number of benzene rings is 3. The van der Waals surface area contributed by atoms with Crippen molar-refractivity contribution in [2.75, 3.05) is 0 Å². The number of H-pyrrole nitrogens is 1. The molecule has 1 N–H and O–H groups in total. The average molecular weight is 476 g/mol. The van der Waals surface area contributed by atoms with Crippen molar-refractivity contribution >= 4 is 46.4 Å². The molecule has 0 amide bonds. The molecule has 0 aliphatic carbocycles. The van der Waals surface area contributed by atoms with Gasteiger partial charge in [-0.15, -0.1) is 0 Å². The summed E-state index contributed by atoms with van der Waals surface area (Å²) in [5, 5.41) is 2.50. The Hall–Kier alpha value is -1.97. The van der Waals surface area contributed by atoms with E-state index in [9.17, 15) is 0 Å². The normalized spacial score (nSPS) is 11.1. The summed E-state index contributed by atoms with van der Waals surface area (Å²) in [4.78, 5) is 8.39. The van der Waals surface area contributed by atoms with Crippen molar-refractivity contribution < 1.29 is 0 Å². The molecule has 0 fully saturated rings. The molecule has 0 aliphatic heterocycles. The van der Waals surface area contributed by atoms with Gasteiger partial charge in [-0.3, -0.25) is 0 Å². The van der Waals surface area contributed by atoms with Gasteiger partial charge in [0, 0.05) is 45.0 Å². The van der Waals surface area contributed by atoms with Gasteiger partial charge in [0.05, 0.1) is 5.69 Å². The molecule has 30 heavy (non-hydrogen) atoms. The number of nitrogens with one attached hydrogen (secondary N) is 1. The number of imidazole rings is 1. The Morgan fingerprint density at radius 1 is 0.667 bits per heavy atom. The Labute approximate surface area is 195 Å². The summed E-state index contributed by atoms with van der Waals surface area (Å²) in [6, 6.07) is 21.3. The van der Waals surface area contributed by atoms with Crippen molar-refractivity contribution in [3.63, 3.8) is 0 Å². The van der Waals surface area contributed by atoms with Crippen molar-refractivity contribution in [3.05, 3.63) is 121 Å². The molecule has 0 radical (unpaired) electrons. The highest BCUT2D eigenvalue weighted by Crippen LogP contribution is 2.27. The van der Waals surface area contributed by atoms with Crippen LogP contribution in [-0.2, 0) is 19.3 Å². The minimum absolute atomic E-state index is 0.599. The van der Waals surface area contributed by atoms with Crippen LogP contribution in [0.2, 0.25) is 20.1 Å². The number of aromatic nitrogens is 2. The molecule has 4 rings (SSSR count). The molecule has 0 aliphatic rings. The molecular weight excluding hydrogens is 458 g/mol. The van der Waals surface area contributed by atoms with Crippen LogP contribution in [0.3, 0.4) is 0 Å². The third-order valence-electron chi connectivity index (χ3n) is 4.88. The Morgan fingerprint density at radius 2 is 1.27 bits per heavy atom. The minimum atomic E-state index is 0.599. The standard InChI is InChI=1S/C24H18Cl4N2/c25-18-8-6-16(20(27)13-18)11-22-23(12-17-7-9-19(26)14-21(17)28)30-24(29-22)10-15-4-2-1-3-5-15/h1-9,13-14H,10-12H2,(H,29,30). The van der Waals surface area contributed by atoms with E-state index >= 15 is 0 Å². The Balaban J connectivity index is 1.68. The summed E-state index contributed by atoms with van der Waals surface area (Å²) >= 11 is 24.9. The van der Waals surface area contributed by atoms with Gasteiger partial charge in [-0.05, 0) is 41.0 Å². The molecule has 152 valence electrons. The highest BCUT2D eigenvalue weighted by Gasteiger charge is 2.15. The van der Waals surface area contributed by atoms with Crippen LogP contribution < -0.4 is 0 Å². The first kappa shape index (κ1) is 21.3. The predicted molar refractivity (Wildman–Crippen MR) is 126 cm³/mol. The largest absolute Gasteiger partial charge is 0.345 e. The fraction of sp³-hybridized carbons (Fsp3) is 0.125. The van der Waals surface area contributed by atoms with Gasteiger partial charge in [-0.2, -0.15) is 0 Å². The number of aromatic amines is 1. The maximum atomic E-state index is 6.42. The molecule has 0 unspecified atom stereocenters. The number of rotatable bonds is 6. The molecule has 4 aromatic rings. The van der Waals surface area contributed by atoms with Gasteiger partial charge in [0.2, 0.25) is 0 Å². The second-order valence-electron chi connectivity index (χ2n) is 7.10. The molecule has 0 saturated heterocycles. The molecule has 6 heteroatoms. The zero-order valence-electron chi connectivity index (χ0n) is 15.9. The zero-order valence-corrected chi connectivity index (χ0v) is 19.0. The Bertz CT molecular complexity index is 1100. The maximum Gasteiger partial charge on any atom is 0.111 e. The van der Waals surface area contributed by atoms with Crippen LogP contribution in [0.4, 0.5) is 0 Å². The highest BCUT2D eigenvalue weighted by molar-refractivity contribution is 6.35. The van der Waals surface area contributed by atoms with Crippen LogP contribution >= 0.6 is 46.4 Å². The van der Waals surface area contributed by atoms with Crippen LogP contribution in [0.5, 0.6) is 0 Å². The summed E-state index contributed by atoms with van der Waals surface area (Å²) in [7, 11) is 0. The van der Waals surface area contributed by atoms with E-state index in [1.807, 2.05) is 42.5 Å². The van der Waals surface area contributed by atoms with E-state index < -0.39 is 0 Å². The third-order valence-corrected chi connectivity index (χ3v) is 6.06. The van der Waals surface area contributed by atoms with Gasteiger partial charge in [0.15, 0.2) is 0 Å². The molecule has 1 aromatic heterocycles. The van der Waals surface area contributed by atoms with E-state index in [4.69, 9.17) is 51.4 Å². The number of nitrogens with zero attached hydrogens (tertiary/aromatic N) is 1. The number of hydrogen-bond acceptors (Lipinski definition) is 1. The van der Waals surface area contributed by atoms with Gasteiger partial charge in [0.1, 0.15) is 5.82 Å². The van der Waals surface area contributed by atoms with E-state index in [1.165, 1.54) is 5.56 Å². The monoisotopic (exact) mass is 474 g/mol. The minimum Gasteiger partial charge on any atom is -0.345 e. The van der Waals surface area contributed by atoms with Crippen molar-refractivity contribution in [2.24, 2.45) is 0 Å². The molecular formula is C24H18Cl4N2. The highest BCUT2D eigenvalue weighted by atomic mass is 35.5. The Kier molecular flexibility index (Phi) is 6.70. The molecule has 3 aromatic carbocycles. The lowest BCUT2D eigenvalue weighted by Gasteiger charge is -2.07. The molecule has 1 heterocycles. The molecule has 0 atom stereocenters. The lowest BCUT2D eigenvalue weighted by atomic mass is 10.0. The number of hydrogen-bond donors (Lipinski definition) is 1. The van der Waals surface area contributed by atoms with Gasteiger partial charge < -0.3 is 4.98 Å². The van der Waals surface area contributed by atoms with Crippen molar-refractivity contribution in [1.82, 2.24) is 9.97 Å². The topological polar surface area (TPSA) is 28.7 Å². The quantitative estimate of drug-likeness (QED) is 0.302. The summed E-state index contributed by atoms with van der Waals surface area (Å²) < 4.78 is 0. The molecule has 0 bridgehead atoms.